The second kappa shape index (κ2) is 9.76. The van der Waals surface area contributed by atoms with Gasteiger partial charge in [-0.05, 0) is 35.4 Å². The normalized spacial score (nSPS) is 19.3. The van der Waals surface area contributed by atoms with Crippen molar-refractivity contribution in [2.24, 2.45) is 0 Å². The monoisotopic (exact) mass is 490 g/mol. The van der Waals surface area contributed by atoms with E-state index in [1.165, 1.54) is 22.2 Å². The number of benzene rings is 2. The van der Waals surface area contributed by atoms with Crippen molar-refractivity contribution in [3.8, 4) is 0 Å². The van der Waals surface area contributed by atoms with Crippen LogP contribution in [0.3, 0.4) is 0 Å². The Kier molecular flexibility index (Phi) is 6.35. The predicted octanol–water partition coefficient (Wildman–Crippen LogP) is 4.02. The number of hydrogen-bond donors (Lipinski definition) is 2. The molecule has 2 aliphatic rings. The van der Waals surface area contributed by atoms with Crippen LogP contribution < -0.4 is 10.6 Å². The summed E-state index contributed by atoms with van der Waals surface area (Å²) in [6, 6.07) is 14.3. The van der Waals surface area contributed by atoms with E-state index >= 15 is 0 Å². The third-order valence-electron chi connectivity index (χ3n) is 7.12. The van der Waals surface area contributed by atoms with Crippen molar-refractivity contribution in [3.63, 3.8) is 0 Å². The molecule has 2 aliphatic heterocycles. The van der Waals surface area contributed by atoms with Crippen LogP contribution in [-0.2, 0) is 13.0 Å². The molecule has 0 aliphatic carbocycles. The highest BCUT2D eigenvalue weighted by molar-refractivity contribution is 6.31. The third kappa shape index (κ3) is 4.50. The lowest BCUT2D eigenvalue weighted by Gasteiger charge is -2.36. The first-order valence-electron chi connectivity index (χ1n) is 12.2. The second-order valence-corrected chi connectivity index (χ2v) is 9.78. The highest BCUT2D eigenvalue weighted by Crippen LogP contribution is 2.34. The fourth-order valence-electron chi connectivity index (χ4n) is 5.44. The van der Waals surface area contributed by atoms with Crippen LogP contribution in [0.5, 0.6) is 0 Å². The largest absolute Gasteiger partial charge is 0.462 e. The molecular weight excluding hydrogens is 462 g/mol. The SMILES string of the molecule is OCCN1CC[N]C(c2c3c(nc4ccccc24)CCN(CNc2cc(Cl)cc4ccoc24)C3)C1. The molecule has 181 valence electrons. The number of aliphatic hydroxyl groups is 1. The lowest BCUT2D eigenvalue weighted by molar-refractivity contribution is 0.155. The number of hydrogen-bond acceptors (Lipinski definition) is 6. The first kappa shape index (κ1) is 22.8. The summed E-state index contributed by atoms with van der Waals surface area (Å²) in [5, 5.41) is 20.9. The zero-order valence-electron chi connectivity index (χ0n) is 19.6. The van der Waals surface area contributed by atoms with Crippen LogP contribution in [-0.4, -0.2) is 65.9 Å². The summed E-state index contributed by atoms with van der Waals surface area (Å²) in [4.78, 5) is 9.77. The van der Waals surface area contributed by atoms with E-state index in [0.29, 0.717) is 18.2 Å². The summed E-state index contributed by atoms with van der Waals surface area (Å²) in [6.07, 6.45) is 2.59. The first-order chi connectivity index (χ1) is 17.2. The van der Waals surface area contributed by atoms with Gasteiger partial charge in [-0.1, -0.05) is 29.8 Å². The van der Waals surface area contributed by atoms with Gasteiger partial charge in [-0.15, -0.1) is 0 Å². The van der Waals surface area contributed by atoms with Gasteiger partial charge in [-0.25, -0.2) is 5.32 Å². The van der Waals surface area contributed by atoms with Crippen LogP contribution in [0.4, 0.5) is 5.69 Å². The third-order valence-corrected chi connectivity index (χ3v) is 7.34. The summed E-state index contributed by atoms with van der Waals surface area (Å²) < 4.78 is 5.69. The van der Waals surface area contributed by atoms with Crippen LogP contribution in [0.1, 0.15) is 22.9 Å². The van der Waals surface area contributed by atoms with E-state index in [2.05, 4.69) is 39.4 Å². The highest BCUT2D eigenvalue weighted by Gasteiger charge is 2.30. The van der Waals surface area contributed by atoms with Crippen molar-refractivity contribution in [1.29, 1.82) is 0 Å². The number of anilines is 1. The van der Waals surface area contributed by atoms with E-state index in [1.807, 2.05) is 18.2 Å². The maximum atomic E-state index is 9.49. The van der Waals surface area contributed by atoms with Crippen molar-refractivity contribution in [1.82, 2.24) is 20.1 Å². The van der Waals surface area contributed by atoms with Gasteiger partial charge < -0.3 is 14.8 Å². The number of rotatable bonds is 6. The van der Waals surface area contributed by atoms with Gasteiger partial charge in [0.15, 0.2) is 5.58 Å². The molecule has 0 bridgehead atoms. The summed E-state index contributed by atoms with van der Waals surface area (Å²) in [5.74, 6) is 0. The molecule has 1 radical (unpaired) electrons. The number of para-hydroxylation sites is 1. The first-order valence-corrected chi connectivity index (χ1v) is 12.6. The Labute approximate surface area is 209 Å². The molecule has 0 amide bonds. The maximum Gasteiger partial charge on any atom is 0.157 e. The molecule has 1 fully saturated rings. The van der Waals surface area contributed by atoms with E-state index in [-0.39, 0.29) is 12.6 Å². The smallest absolute Gasteiger partial charge is 0.157 e. The quantitative estimate of drug-likeness (QED) is 0.425. The number of pyridine rings is 1. The zero-order chi connectivity index (χ0) is 23.8. The molecule has 2 aromatic carbocycles. The molecule has 2 aromatic heterocycles. The van der Waals surface area contributed by atoms with Crippen molar-refractivity contribution < 1.29 is 9.52 Å². The average molecular weight is 491 g/mol. The van der Waals surface area contributed by atoms with E-state index in [0.717, 1.165) is 61.3 Å². The Hall–Kier alpha value is -2.68. The number of nitrogens with zero attached hydrogens (tertiary/aromatic N) is 4. The van der Waals surface area contributed by atoms with Crippen LogP contribution in [0.25, 0.3) is 21.9 Å². The number of piperazine rings is 1. The molecule has 6 rings (SSSR count). The Morgan fingerprint density at radius 2 is 2.06 bits per heavy atom. The van der Waals surface area contributed by atoms with Gasteiger partial charge in [-0.2, -0.15) is 0 Å². The van der Waals surface area contributed by atoms with Crippen molar-refractivity contribution in [2.75, 3.05) is 51.3 Å². The Morgan fingerprint density at radius 1 is 1.14 bits per heavy atom. The Morgan fingerprint density at radius 3 is 2.97 bits per heavy atom. The lowest BCUT2D eigenvalue weighted by Crippen LogP contribution is -2.44. The van der Waals surface area contributed by atoms with Gasteiger partial charge in [0, 0.05) is 67.2 Å². The van der Waals surface area contributed by atoms with Gasteiger partial charge in [0.1, 0.15) is 0 Å². The van der Waals surface area contributed by atoms with Crippen molar-refractivity contribution in [2.45, 2.75) is 19.0 Å². The molecule has 7 nitrogen and oxygen atoms in total. The van der Waals surface area contributed by atoms with Crippen molar-refractivity contribution in [3.05, 3.63) is 70.6 Å². The fourth-order valence-corrected chi connectivity index (χ4v) is 5.67. The molecule has 4 heterocycles. The van der Waals surface area contributed by atoms with Crippen LogP contribution >= 0.6 is 11.6 Å². The standard InChI is InChI=1S/C27H29ClN5O2/c28-19-13-18-6-12-35-27(18)24(14-19)30-17-33-8-5-23-21(15-33)26(20-3-1-2-4-22(20)31-23)25-16-32(10-11-34)9-7-29-25/h1-4,6,12-14,25,30,34H,5,7-11,15-17H2. The van der Waals surface area contributed by atoms with E-state index in [1.54, 1.807) is 6.26 Å². The molecule has 1 saturated heterocycles. The fraction of sp³-hybridized carbons (Fsp3) is 0.370. The summed E-state index contributed by atoms with van der Waals surface area (Å²) in [6.45, 7) is 5.80. The van der Waals surface area contributed by atoms with E-state index < -0.39 is 0 Å². The van der Waals surface area contributed by atoms with Gasteiger partial charge in [0.05, 0.1) is 36.8 Å². The molecule has 35 heavy (non-hydrogen) atoms. The number of fused-ring (bicyclic) bond motifs is 3. The number of β-amino-alcohol motifs (C(OH)–C–C–N with tert-alkyl or cyclic N) is 1. The lowest BCUT2D eigenvalue weighted by atomic mass is 9.90. The molecule has 2 N–H and O–H groups in total. The summed E-state index contributed by atoms with van der Waals surface area (Å²) >= 11 is 6.33. The number of halogens is 1. The number of nitrogens with one attached hydrogen (secondary N) is 1. The predicted molar refractivity (Wildman–Crippen MR) is 139 cm³/mol. The van der Waals surface area contributed by atoms with Crippen LogP contribution in [0.2, 0.25) is 5.02 Å². The zero-order valence-corrected chi connectivity index (χ0v) is 20.3. The summed E-state index contributed by atoms with van der Waals surface area (Å²) in [7, 11) is 0. The number of aliphatic hydroxyl groups excluding tert-OH is 1. The van der Waals surface area contributed by atoms with Gasteiger partial charge in [0.2, 0.25) is 0 Å². The molecule has 4 aromatic rings. The molecule has 0 saturated carbocycles. The maximum absolute atomic E-state index is 9.49. The molecule has 0 spiro atoms. The van der Waals surface area contributed by atoms with Crippen LogP contribution in [0, 0.1) is 0 Å². The number of furan rings is 1. The van der Waals surface area contributed by atoms with Gasteiger partial charge in [0.25, 0.3) is 0 Å². The van der Waals surface area contributed by atoms with Crippen LogP contribution in [0.15, 0.2) is 53.1 Å². The Bertz CT molecular complexity index is 1350. The topological polar surface area (TPSA) is 78.9 Å². The highest BCUT2D eigenvalue weighted by atomic mass is 35.5. The average Bonchev–Trinajstić information content (AvgIpc) is 3.35. The minimum absolute atomic E-state index is 0.0838. The van der Waals surface area contributed by atoms with E-state index in [4.69, 9.17) is 26.3 Å². The molecule has 1 atom stereocenters. The van der Waals surface area contributed by atoms with Crippen molar-refractivity contribution >= 4 is 39.2 Å². The minimum Gasteiger partial charge on any atom is -0.462 e. The summed E-state index contributed by atoms with van der Waals surface area (Å²) in [5.41, 5.74) is 6.55. The second-order valence-electron chi connectivity index (χ2n) is 9.34. The molecular formula is C27H29ClN5O2. The van der Waals surface area contributed by atoms with Gasteiger partial charge >= 0.3 is 0 Å². The Balaban J connectivity index is 1.30. The van der Waals surface area contributed by atoms with E-state index in [9.17, 15) is 5.11 Å². The van der Waals surface area contributed by atoms with Gasteiger partial charge in [-0.3, -0.25) is 14.8 Å². The minimum atomic E-state index is 0.0838. The molecule has 8 heteroatoms. The molecule has 1 unspecified atom stereocenters. The number of aromatic nitrogens is 1.